The smallest absolute Gasteiger partial charge is 0.239 e. The third-order valence-electron chi connectivity index (χ3n) is 5.18. The van der Waals surface area contributed by atoms with Gasteiger partial charge >= 0.3 is 0 Å². The number of amides is 1. The highest BCUT2D eigenvalue weighted by atomic mass is 16.5. The number of methoxy groups -OCH3 is 2. The van der Waals surface area contributed by atoms with Gasteiger partial charge in [-0.25, -0.2) is 0 Å². The molecule has 150 valence electrons. The van der Waals surface area contributed by atoms with Crippen LogP contribution in [0.4, 0.5) is 0 Å². The summed E-state index contributed by atoms with van der Waals surface area (Å²) in [5.41, 5.74) is 8.35. The van der Waals surface area contributed by atoms with Crippen LogP contribution in [-0.4, -0.2) is 62.1 Å². The highest BCUT2D eigenvalue weighted by Gasteiger charge is 2.25. The predicted octanol–water partition coefficient (Wildman–Crippen LogP) is 1.92. The van der Waals surface area contributed by atoms with Gasteiger partial charge in [0.25, 0.3) is 0 Å². The Morgan fingerprint density at radius 2 is 1.75 bits per heavy atom. The van der Waals surface area contributed by atoms with Crippen molar-refractivity contribution in [1.29, 1.82) is 0 Å². The first-order valence-electron chi connectivity index (χ1n) is 9.62. The monoisotopic (exact) mass is 383 g/mol. The average Bonchev–Trinajstić information content (AvgIpc) is 2.74. The maximum absolute atomic E-state index is 12.7. The van der Waals surface area contributed by atoms with Gasteiger partial charge in [0.2, 0.25) is 5.91 Å². The first-order valence-corrected chi connectivity index (χ1v) is 9.62. The van der Waals surface area contributed by atoms with Crippen molar-refractivity contribution in [3.63, 3.8) is 0 Å². The van der Waals surface area contributed by atoms with Crippen LogP contribution in [0.25, 0.3) is 0 Å². The lowest BCUT2D eigenvalue weighted by Gasteiger charge is -2.36. The molecule has 1 unspecified atom stereocenters. The molecule has 0 aromatic heterocycles. The Labute approximate surface area is 166 Å². The molecule has 2 aromatic carbocycles. The summed E-state index contributed by atoms with van der Waals surface area (Å²) in [5, 5.41) is 0. The number of benzene rings is 2. The van der Waals surface area contributed by atoms with E-state index in [1.165, 1.54) is 0 Å². The van der Waals surface area contributed by atoms with Crippen LogP contribution >= 0.6 is 0 Å². The van der Waals surface area contributed by atoms with Crippen molar-refractivity contribution >= 4 is 5.91 Å². The summed E-state index contributed by atoms with van der Waals surface area (Å²) in [6.07, 6.45) is 0.570. The molecule has 6 nitrogen and oxygen atoms in total. The molecule has 2 N–H and O–H groups in total. The number of carbonyl (C=O) groups is 1. The number of hydrogen-bond donors (Lipinski definition) is 1. The highest BCUT2D eigenvalue weighted by Crippen LogP contribution is 2.25. The van der Waals surface area contributed by atoms with Crippen molar-refractivity contribution in [2.75, 3.05) is 40.4 Å². The second-order valence-corrected chi connectivity index (χ2v) is 7.08. The van der Waals surface area contributed by atoms with Crippen molar-refractivity contribution in [3.8, 4) is 11.5 Å². The van der Waals surface area contributed by atoms with Gasteiger partial charge in [0.1, 0.15) is 11.5 Å². The van der Waals surface area contributed by atoms with Gasteiger partial charge in [0, 0.05) is 38.3 Å². The highest BCUT2D eigenvalue weighted by molar-refractivity contribution is 5.82. The normalized spacial score (nSPS) is 15.9. The van der Waals surface area contributed by atoms with E-state index >= 15 is 0 Å². The standard InChI is InChI=1S/C22H29N3O3/c1-27-19-8-9-21(28-2)18(15-19)16-24-10-12-25(13-11-24)22(26)20(23)14-17-6-4-3-5-7-17/h3-9,15,20H,10-14,16,23H2,1-2H3. The topological polar surface area (TPSA) is 68.0 Å². The van der Waals surface area contributed by atoms with Crippen molar-refractivity contribution in [2.24, 2.45) is 5.73 Å². The largest absolute Gasteiger partial charge is 0.497 e. The predicted molar refractivity (Wildman–Crippen MR) is 110 cm³/mol. The van der Waals surface area contributed by atoms with Crippen LogP contribution in [0.3, 0.4) is 0 Å². The van der Waals surface area contributed by atoms with Crippen LogP contribution in [0.5, 0.6) is 11.5 Å². The molecule has 6 heteroatoms. The average molecular weight is 383 g/mol. The summed E-state index contributed by atoms with van der Waals surface area (Å²) in [6, 6.07) is 15.3. The molecule has 0 bridgehead atoms. The van der Waals surface area contributed by atoms with Gasteiger partial charge in [0.15, 0.2) is 0 Å². The van der Waals surface area contributed by atoms with Gasteiger partial charge in [-0.2, -0.15) is 0 Å². The number of nitrogens with zero attached hydrogens (tertiary/aromatic N) is 2. The number of nitrogens with two attached hydrogens (primary N) is 1. The molecule has 3 rings (SSSR count). The lowest BCUT2D eigenvalue weighted by atomic mass is 10.1. The van der Waals surface area contributed by atoms with Gasteiger partial charge < -0.3 is 20.1 Å². The summed E-state index contributed by atoms with van der Waals surface area (Å²) in [5.74, 6) is 1.70. The van der Waals surface area contributed by atoms with Crippen molar-refractivity contribution in [3.05, 3.63) is 59.7 Å². The quantitative estimate of drug-likeness (QED) is 0.791. The summed E-state index contributed by atoms with van der Waals surface area (Å²) >= 11 is 0. The molecular weight excluding hydrogens is 354 g/mol. The number of hydrogen-bond acceptors (Lipinski definition) is 5. The summed E-state index contributed by atoms with van der Waals surface area (Å²) < 4.78 is 10.8. The van der Waals surface area contributed by atoms with E-state index in [-0.39, 0.29) is 5.91 Å². The van der Waals surface area contributed by atoms with Crippen LogP contribution in [-0.2, 0) is 17.8 Å². The van der Waals surface area contributed by atoms with E-state index in [1.54, 1.807) is 14.2 Å². The Morgan fingerprint density at radius 1 is 1.04 bits per heavy atom. The first-order chi connectivity index (χ1) is 13.6. The Kier molecular flexibility index (Phi) is 6.90. The minimum absolute atomic E-state index is 0.0301. The summed E-state index contributed by atoms with van der Waals surface area (Å²) in [7, 11) is 3.34. The van der Waals surface area contributed by atoms with Gasteiger partial charge in [0.05, 0.1) is 20.3 Å². The van der Waals surface area contributed by atoms with Crippen molar-refractivity contribution < 1.29 is 14.3 Å². The van der Waals surface area contributed by atoms with Gasteiger partial charge in [-0.3, -0.25) is 9.69 Å². The van der Waals surface area contributed by atoms with E-state index in [1.807, 2.05) is 53.4 Å². The molecule has 0 radical (unpaired) electrons. The number of ether oxygens (including phenoxy) is 2. The molecule has 0 aliphatic carbocycles. The Bertz CT molecular complexity index is 774. The molecule has 1 atom stereocenters. The fraction of sp³-hybridized carbons (Fsp3) is 0.409. The Hall–Kier alpha value is -2.57. The lowest BCUT2D eigenvalue weighted by Crippen LogP contribution is -2.53. The fourth-order valence-electron chi connectivity index (χ4n) is 3.56. The van der Waals surface area contributed by atoms with Gasteiger partial charge in [-0.05, 0) is 30.2 Å². The van der Waals surface area contributed by atoms with Crippen molar-refractivity contribution in [1.82, 2.24) is 9.80 Å². The third kappa shape index (κ3) is 5.03. The summed E-state index contributed by atoms with van der Waals surface area (Å²) in [6.45, 7) is 3.76. The van der Waals surface area contributed by atoms with E-state index in [0.717, 1.165) is 42.3 Å². The number of carbonyl (C=O) groups excluding carboxylic acids is 1. The molecular formula is C22H29N3O3. The fourth-order valence-corrected chi connectivity index (χ4v) is 3.56. The second kappa shape index (κ2) is 9.57. The van der Waals surface area contributed by atoms with E-state index < -0.39 is 6.04 Å². The molecule has 1 fully saturated rings. The Balaban J connectivity index is 1.53. The van der Waals surface area contributed by atoms with Crippen LogP contribution in [0.1, 0.15) is 11.1 Å². The number of rotatable bonds is 7. The minimum Gasteiger partial charge on any atom is -0.497 e. The first kappa shape index (κ1) is 20.2. The zero-order chi connectivity index (χ0) is 19.9. The van der Waals surface area contributed by atoms with Gasteiger partial charge in [-0.15, -0.1) is 0 Å². The maximum atomic E-state index is 12.7. The van der Waals surface area contributed by atoms with Gasteiger partial charge in [-0.1, -0.05) is 30.3 Å². The molecule has 2 aromatic rings. The van der Waals surface area contributed by atoms with Crippen molar-refractivity contribution in [2.45, 2.75) is 19.0 Å². The molecule has 0 saturated carbocycles. The number of piperazine rings is 1. The molecule has 1 amide bonds. The van der Waals surface area contributed by atoms with Crippen LogP contribution in [0, 0.1) is 0 Å². The minimum atomic E-state index is -0.493. The zero-order valence-corrected chi connectivity index (χ0v) is 16.6. The lowest BCUT2D eigenvalue weighted by molar-refractivity contribution is -0.134. The molecule has 28 heavy (non-hydrogen) atoms. The molecule has 0 spiro atoms. The van der Waals surface area contributed by atoms with Crippen LogP contribution in [0.2, 0.25) is 0 Å². The second-order valence-electron chi connectivity index (χ2n) is 7.08. The molecule has 1 aliphatic heterocycles. The Morgan fingerprint density at radius 3 is 2.39 bits per heavy atom. The van der Waals surface area contributed by atoms with Crippen LogP contribution in [0.15, 0.2) is 48.5 Å². The maximum Gasteiger partial charge on any atom is 0.239 e. The SMILES string of the molecule is COc1ccc(OC)c(CN2CCN(C(=O)C(N)Cc3ccccc3)CC2)c1. The van der Waals surface area contributed by atoms with E-state index in [9.17, 15) is 4.79 Å². The van der Waals surface area contributed by atoms with Crippen LogP contribution < -0.4 is 15.2 Å². The van der Waals surface area contributed by atoms with E-state index in [4.69, 9.17) is 15.2 Å². The molecule has 1 aliphatic rings. The summed E-state index contributed by atoms with van der Waals surface area (Å²) in [4.78, 5) is 16.9. The molecule has 1 heterocycles. The third-order valence-corrected chi connectivity index (χ3v) is 5.18. The van der Waals surface area contributed by atoms with E-state index in [0.29, 0.717) is 19.5 Å². The molecule has 1 saturated heterocycles. The van der Waals surface area contributed by atoms with E-state index in [2.05, 4.69) is 4.90 Å². The zero-order valence-electron chi connectivity index (χ0n) is 16.6.